The molecule has 0 unspecified atom stereocenters. The van der Waals surface area contributed by atoms with Crippen LogP contribution in [0.4, 0.5) is 4.39 Å². The standard InChI is InChI=1S/C9H9BrFN3/c1-5(2)14-7-6(13-9(14)10)3-4-12-8(7)11/h3-5H,1-2H3. The number of nitrogens with zero attached hydrogens (tertiary/aromatic N) is 3. The molecule has 0 amide bonds. The highest BCUT2D eigenvalue weighted by atomic mass is 79.9. The first-order chi connectivity index (χ1) is 6.61. The van der Waals surface area contributed by atoms with Crippen molar-refractivity contribution in [1.29, 1.82) is 0 Å². The molecule has 2 heterocycles. The molecule has 0 fully saturated rings. The fraction of sp³-hybridized carbons (Fsp3) is 0.333. The molecule has 2 aromatic rings. The van der Waals surface area contributed by atoms with Gasteiger partial charge >= 0.3 is 0 Å². The monoisotopic (exact) mass is 257 g/mol. The molecule has 14 heavy (non-hydrogen) atoms. The van der Waals surface area contributed by atoms with E-state index in [0.29, 0.717) is 15.8 Å². The Labute approximate surface area is 89.1 Å². The van der Waals surface area contributed by atoms with E-state index in [2.05, 4.69) is 25.9 Å². The molecule has 3 nitrogen and oxygen atoms in total. The summed E-state index contributed by atoms with van der Waals surface area (Å²) < 4.78 is 15.8. The summed E-state index contributed by atoms with van der Waals surface area (Å²) in [5.74, 6) is -0.477. The quantitative estimate of drug-likeness (QED) is 0.736. The minimum absolute atomic E-state index is 0.146. The smallest absolute Gasteiger partial charge is 0.239 e. The largest absolute Gasteiger partial charge is 0.312 e. The Balaban J connectivity index is 2.86. The molecular formula is C9H9BrFN3. The van der Waals surface area contributed by atoms with Crippen LogP contribution in [0.2, 0.25) is 0 Å². The number of imidazole rings is 1. The lowest BCUT2D eigenvalue weighted by Gasteiger charge is -2.09. The average Bonchev–Trinajstić information content (AvgIpc) is 2.42. The van der Waals surface area contributed by atoms with Crippen molar-refractivity contribution >= 4 is 27.0 Å². The van der Waals surface area contributed by atoms with Crippen LogP contribution >= 0.6 is 15.9 Å². The van der Waals surface area contributed by atoms with E-state index >= 15 is 0 Å². The molecule has 0 saturated heterocycles. The van der Waals surface area contributed by atoms with E-state index in [1.165, 1.54) is 6.20 Å². The van der Waals surface area contributed by atoms with Gasteiger partial charge in [-0.2, -0.15) is 4.39 Å². The normalized spacial score (nSPS) is 11.5. The molecular weight excluding hydrogens is 249 g/mol. The van der Waals surface area contributed by atoms with Gasteiger partial charge in [-0.1, -0.05) is 0 Å². The van der Waals surface area contributed by atoms with Crippen molar-refractivity contribution in [2.75, 3.05) is 0 Å². The van der Waals surface area contributed by atoms with Crippen molar-refractivity contribution < 1.29 is 4.39 Å². The number of aromatic nitrogens is 3. The second-order valence-corrected chi connectivity index (χ2v) is 4.02. The van der Waals surface area contributed by atoms with Gasteiger partial charge in [-0.05, 0) is 35.8 Å². The average molecular weight is 258 g/mol. The molecule has 0 aromatic carbocycles. The molecule has 0 saturated carbocycles. The lowest BCUT2D eigenvalue weighted by Crippen LogP contribution is -2.02. The van der Waals surface area contributed by atoms with Gasteiger partial charge in [0.15, 0.2) is 4.73 Å². The van der Waals surface area contributed by atoms with Crippen LogP contribution in [0.15, 0.2) is 17.0 Å². The van der Waals surface area contributed by atoms with Crippen LogP contribution in [0.1, 0.15) is 19.9 Å². The van der Waals surface area contributed by atoms with Gasteiger partial charge in [-0.3, -0.25) is 0 Å². The summed E-state index contributed by atoms with van der Waals surface area (Å²) in [4.78, 5) is 7.81. The zero-order chi connectivity index (χ0) is 10.3. The maximum atomic E-state index is 13.4. The Morgan fingerprint density at radius 1 is 1.50 bits per heavy atom. The second kappa shape index (κ2) is 3.31. The van der Waals surface area contributed by atoms with E-state index in [-0.39, 0.29) is 6.04 Å². The third-order valence-corrected chi connectivity index (χ3v) is 2.59. The molecule has 74 valence electrons. The van der Waals surface area contributed by atoms with E-state index in [4.69, 9.17) is 0 Å². The van der Waals surface area contributed by atoms with Gasteiger partial charge in [0, 0.05) is 12.2 Å². The summed E-state index contributed by atoms with van der Waals surface area (Å²) in [5.41, 5.74) is 1.08. The highest BCUT2D eigenvalue weighted by Gasteiger charge is 2.14. The third-order valence-electron chi connectivity index (χ3n) is 2.03. The minimum Gasteiger partial charge on any atom is -0.312 e. The Bertz CT molecular complexity index is 478. The van der Waals surface area contributed by atoms with Gasteiger partial charge in [-0.15, -0.1) is 0 Å². The predicted octanol–water partition coefficient (Wildman–Crippen LogP) is 2.91. The van der Waals surface area contributed by atoms with Crippen molar-refractivity contribution in [2.24, 2.45) is 0 Å². The third kappa shape index (κ3) is 1.32. The summed E-state index contributed by atoms with van der Waals surface area (Å²) in [7, 11) is 0. The second-order valence-electron chi connectivity index (χ2n) is 3.31. The molecule has 0 aliphatic rings. The summed E-state index contributed by atoms with van der Waals surface area (Å²) in [6.45, 7) is 3.94. The molecule has 2 rings (SSSR count). The molecule has 0 atom stereocenters. The summed E-state index contributed by atoms with van der Waals surface area (Å²) in [5, 5.41) is 0. The Morgan fingerprint density at radius 2 is 2.21 bits per heavy atom. The van der Waals surface area contributed by atoms with Crippen LogP contribution in [-0.2, 0) is 0 Å². The Hall–Kier alpha value is -0.970. The van der Waals surface area contributed by atoms with Gasteiger partial charge in [0.2, 0.25) is 5.95 Å². The van der Waals surface area contributed by atoms with Gasteiger partial charge < -0.3 is 4.57 Å². The van der Waals surface area contributed by atoms with Crippen LogP contribution in [0, 0.1) is 5.95 Å². The molecule has 0 aliphatic heterocycles. The van der Waals surface area contributed by atoms with E-state index in [1.54, 1.807) is 10.6 Å². The van der Waals surface area contributed by atoms with Crippen molar-refractivity contribution in [2.45, 2.75) is 19.9 Å². The molecule has 0 bridgehead atoms. The number of hydrogen-bond acceptors (Lipinski definition) is 2. The number of hydrogen-bond donors (Lipinski definition) is 0. The van der Waals surface area contributed by atoms with E-state index < -0.39 is 5.95 Å². The summed E-state index contributed by atoms with van der Waals surface area (Å²) >= 11 is 3.30. The zero-order valence-corrected chi connectivity index (χ0v) is 9.42. The lowest BCUT2D eigenvalue weighted by atomic mass is 10.3. The van der Waals surface area contributed by atoms with E-state index in [0.717, 1.165) is 0 Å². The molecule has 0 aliphatic carbocycles. The molecule has 0 spiro atoms. The van der Waals surface area contributed by atoms with E-state index in [9.17, 15) is 4.39 Å². The van der Waals surface area contributed by atoms with Crippen molar-refractivity contribution in [3.05, 3.63) is 22.9 Å². The first kappa shape index (κ1) is 9.58. The van der Waals surface area contributed by atoms with Crippen LogP contribution < -0.4 is 0 Å². The highest BCUT2D eigenvalue weighted by Crippen LogP contribution is 2.25. The van der Waals surface area contributed by atoms with Crippen molar-refractivity contribution in [3.63, 3.8) is 0 Å². The zero-order valence-electron chi connectivity index (χ0n) is 7.83. The summed E-state index contributed by atoms with van der Waals surface area (Å²) in [6, 6.07) is 1.84. The molecule has 5 heteroatoms. The first-order valence-corrected chi connectivity index (χ1v) is 5.08. The fourth-order valence-electron chi connectivity index (χ4n) is 1.45. The Kier molecular flexibility index (Phi) is 2.26. The summed E-state index contributed by atoms with van der Waals surface area (Å²) in [6.07, 6.45) is 1.42. The minimum atomic E-state index is -0.477. The first-order valence-electron chi connectivity index (χ1n) is 4.29. The number of rotatable bonds is 1. The number of halogens is 2. The maximum absolute atomic E-state index is 13.4. The topological polar surface area (TPSA) is 30.7 Å². The predicted molar refractivity (Wildman–Crippen MR) is 55.6 cm³/mol. The fourth-order valence-corrected chi connectivity index (χ4v) is 2.23. The van der Waals surface area contributed by atoms with E-state index in [1.807, 2.05) is 13.8 Å². The van der Waals surface area contributed by atoms with Crippen LogP contribution in [-0.4, -0.2) is 14.5 Å². The van der Waals surface area contributed by atoms with Gasteiger partial charge in [0.05, 0.1) is 5.52 Å². The lowest BCUT2D eigenvalue weighted by molar-refractivity contribution is 0.558. The van der Waals surface area contributed by atoms with Crippen LogP contribution in [0.3, 0.4) is 0 Å². The molecule has 0 N–H and O–H groups in total. The highest BCUT2D eigenvalue weighted by molar-refractivity contribution is 9.10. The molecule has 2 aromatic heterocycles. The van der Waals surface area contributed by atoms with Gasteiger partial charge in [0.1, 0.15) is 5.52 Å². The van der Waals surface area contributed by atoms with Crippen molar-refractivity contribution in [3.8, 4) is 0 Å². The maximum Gasteiger partial charge on any atom is 0.239 e. The number of pyridine rings is 1. The van der Waals surface area contributed by atoms with Crippen molar-refractivity contribution in [1.82, 2.24) is 14.5 Å². The van der Waals surface area contributed by atoms with Gasteiger partial charge in [0.25, 0.3) is 0 Å². The molecule has 0 radical (unpaired) electrons. The van der Waals surface area contributed by atoms with Gasteiger partial charge in [-0.25, -0.2) is 9.97 Å². The number of fused-ring (bicyclic) bond motifs is 1. The SMILES string of the molecule is CC(C)n1c(Br)nc2ccnc(F)c21. The Morgan fingerprint density at radius 3 is 2.86 bits per heavy atom. The van der Waals surface area contributed by atoms with Crippen LogP contribution in [0.5, 0.6) is 0 Å². The van der Waals surface area contributed by atoms with Crippen LogP contribution in [0.25, 0.3) is 11.0 Å².